The highest BCUT2D eigenvalue weighted by atomic mass is 32.1. The van der Waals surface area contributed by atoms with Crippen molar-refractivity contribution in [3.8, 4) is 0 Å². The third-order valence-corrected chi connectivity index (χ3v) is 6.00. The minimum Gasteiger partial charge on any atom is -0.338 e. The molecule has 138 valence electrons. The molecule has 2 saturated heterocycles. The predicted octanol–water partition coefficient (Wildman–Crippen LogP) is 1.81. The van der Waals surface area contributed by atoms with E-state index < -0.39 is 0 Å². The van der Waals surface area contributed by atoms with E-state index in [1.807, 2.05) is 17.6 Å². The van der Waals surface area contributed by atoms with Crippen LogP contribution in [0.5, 0.6) is 0 Å². The molecule has 2 aromatic rings. The van der Waals surface area contributed by atoms with Gasteiger partial charge in [-0.25, -0.2) is 15.0 Å². The minimum atomic E-state index is 0.162. The maximum Gasteiger partial charge on any atom is 0.237 e. The van der Waals surface area contributed by atoms with Crippen molar-refractivity contribution in [3.63, 3.8) is 0 Å². The van der Waals surface area contributed by atoms with Gasteiger partial charge in [-0.05, 0) is 25.3 Å². The van der Waals surface area contributed by atoms with Crippen molar-refractivity contribution in [2.75, 3.05) is 44.2 Å². The number of aromatic nitrogens is 3. The average molecular weight is 372 g/mol. The lowest BCUT2D eigenvalue weighted by Crippen LogP contribution is -2.51. The van der Waals surface area contributed by atoms with E-state index in [0.717, 1.165) is 56.5 Å². The SMILES string of the molecule is O=C(CN1CCN(c2ncccn2)CC1)N1CCCC[C@H]1c1nccs1. The summed E-state index contributed by atoms with van der Waals surface area (Å²) in [6, 6.07) is 1.99. The van der Waals surface area contributed by atoms with Crippen LogP contribution in [-0.2, 0) is 4.79 Å². The van der Waals surface area contributed by atoms with Crippen LogP contribution in [0.4, 0.5) is 5.95 Å². The van der Waals surface area contributed by atoms with Crippen molar-refractivity contribution in [1.29, 1.82) is 0 Å². The van der Waals surface area contributed by atoms with Gasteiger partial charge in [-0.2, -0.15) is 0 Å². The minimum absolute atomic E-state index is 0.162. The third kappa shape index (κ3) is 3.86. The number of thiazole rings is 1. The molecule has 8 heteroatoms. The maximum absolute atomic E-state index is 12.9. The second kappa shape index (κ2) is 8.09. The third-order valence-electron chi connectivity index (χ3n) is 5.13. The quantitative estimate of drug-likeness (QED) is 0.816. The first kappa shape index (κ1) is 17.4. The van der Waals surface area contributed by atoms with Crippen molar-refractivity contribution in [2.24, 2.45) is 0 Å². The molecule has 0 spiro atoms. The summed E-state index contributed by atoms with van der Waals surface area (Å²) in [5.41, 5.74) is 0. The molecule has 2 fully saturated rings. The smallest absolute Gasteiger partial charge is 0.237 e. The standard InChI is InChI=1S/C18H24N6OS/c25-16(24-8-2-1-4-15(24)17-19-7-13-26-17)14-22-9-11-23(12-10-22)18-20-5-3-6-21-18/h3,5-7,13,15H,1-2,4,8-12,14H2/t15-/m0/s1. The Kier molecular flexibility index (Phi) is 5.40. The number of hydrogen-bond acceptors (Lipinski definition) is 7. The highest BCUT2D eigenvalue weighted by molar-refractivity contribution is 7.09. The van der Waals surface area contributed by atoms with Crippen LogP contribution >= 0.6 is 11.3 Å². The summed E-state index contributed by atoms with van der Waals surface area (Å²) in [7, 11) is 0. The van der Waals surface area contributed by atoms with Crippen LogP contribution < -0.4 is 4.90 Å². The summed E-state index contributed by atoms with van der Waals surface area (Å²) in [5.74, 6) is 1.01. The molecule has 2 aliphatic heterocycles. The monoisotopic (exact) mass is 372 g/mol. The molecule has 26 heavy (non-hydrogen) atoms. The van der Waals surface area contributed by atoms with Crippen LogP contribution in [0.15, 0.2) is 30.0 Å². The summed E-state index contributed by atoms with van der Waals surface area (Å²) in [6.07, 6.45) is 8.66. The Morgan fingerprint density at radius 3 is 2.58 bits per heavy atom. The molecule has 0 bridgehead atoms. The van der Waals surface area contributed by atoms with Gasteiger partial charge in [-0.3, -0.25) is 9.69 Å². The van der Waals surface area contributed by atoms with E-state index in [2.05, 4.69) is 29.7 Å². The van der Waals surface area contributed by atoms with E-state index in [1.54, 1.807) is 23.7 Å². The first-order valence-electron chi connectivity index (χ1n) is 9.24. The lowest BCUT2D eigenvalue weighted by molar-refractivity contribution is -0.136. The molecule has 0 radical (unpaired) electrons. The summed E-state index contributed by atoms with van der Waals surface area (Å²) >= 11 is 1.66. The number of piperidine rings is 1. The van der Waals surface area contributed by atoms with Gasteiger partial charge in [0.25, 0.3) is 0 Å². The van der Waals surface area contributed by atoms with Gasteiger partial charge in [-0.1, -0.05) is 0 Å². The zero-order valence-corrected chi connectivity index (χ0v) is 15.6. The van der Waals surface area contributed by atoms with Gasteiger partial charge in [-0.15, -0.1) is 11.3 Å². The highest BCUT2D eigenvalue weighted by Gasteiger charge is 2.31. The number of likely N-dealkylation sites (tertiary alicyclic amines) is 1. The lowest BCUT2D eigenvalue weighted by atomic mass is 10.0. The molecule has 4 rings (SSSR count). The predicted molar refractivity (Wildman–Crippen MR) is 101 cm³/mol. The van der Waals surface area contributed by atoms with Crippen LogP contribution in [0.25, 0.3) is 0 Å². The lowest BCUT2D eigenvalue weighted by Gasteiger charge is -2.38. The Bertz CT molecular complexity index is 702. The Labute approximate surface area is 157 Å². The van der Waals surface area contributed by atoms with Gasteiger partial charge in [0.1, 0.15) is 5.01 Å². The molecule has 1 atom stereocenters. The van der Waals surface area contributed by atoms with E-state index in [9.17, 15) is 4.79 Å². The zero-order chi connectivity index (χ0) is 17.8. The second-order valence-electron chi connectivity index (χ2n) is 6.78. The van der Waals surface area contributed by atoms with E-state index >= 15 is 0 Å². The number of carbonyl (C=O) groups is 1. The number of hydrogen-bond donors (Lipinski definition) is 0. The van der Waals surface area contributed by atoms with Crippen molar-refractivity contribution in [2.45, 2.75) is 25.3 Å². The zero-order valence-electron chi connectivity index (χ0n) is 14.8. The van der Waals surface area contributed by atoms with Gasteiger partial charge in [0, 0.05) is 56.7 Å². The van der Waals surface area contributed by atoms with Crippen molar-refractivity contribution >= 4 is 23.2 Å². The Balaban J connectivity index is 1.33. The number of amides is 1. The van der Waals surface area contributed by atoms with E-state index in [4.69, 9.17) is 0 Å². The van der Waals surface area contributed by atoms with Gasteiger partial charge >= 0.3 is 0 Å². The normalized spacial score (nSPS) is 21.8. The van der Waals surface area contributed by atoms with Crippen LogP contribution in [-0.4, -0.2) is 69.9 Å². The van der Waals surface area contributed by atoms with Crippen molar-refractivity contribution < 1.29 is 4.79 Å². The molecular weight excluding hydrogens is 348 g/mol. The molecule has 0 saturated carbocycles. The van der Waals surface area contributed by atoms with Gasteiger partial charge in [0.2, 0.25) is 11.9 Å². The van der Waals surface area contributed by atoms with Crippen LogP contribution in [0.1, 0.15) is 30.3 Å². The summed E-state index contributed by atoms with van der Waals surface area (Å²) in [6.45, 7) is 4.77. The Morgan fingerprint density at radius 2 is 1.85 bits per heavy atom. The molecule has 0 aliphatic carbocycles. The van der Waals surface area contributed by atoms with Gasteiger partial charge in [0.15, 0.2) is 0 Å². The molecule has 7 nitrogen and oxygen atoms in total. The van der Waals surface area contributed by atoms with E-state index in [-0.39, 0.29) is 11.9 Å². The Hall–Kier alpha value is -2.06. The summed E-state index contributed by atoms with van der Waals surface area (Å²) in [5, 5.41) is 3.07. The average Bonchev–Trinajstić information content (AvgIpc) is 3.24. The molecule has 0 N–H and O–H groups in total. The second-order valence-corrected chi connectivity index (χ2v) is 7.71. The number of nitrogens with zero attached hydrogens (tertiary/aromatic N) is 6. The van der Waals surface area contributed by atoms with Crippen molar-refractivity contribution in [1.82, 2.24) is 24.8 Å². The topological polar surface area (TPSA) is 65.5 Å². The molecule has 2 aromatic heterocycles. The van der Waals surface area contributed by atoms with Crippen LogP contribution in [0, 0.1) is 0 Å². The van der Waals surface area contributed by atoms with Crippen molar-refractivity contribution in [3.05, 3.63) is 35.0 Å². The van der Waals surface area contributed by atoms with Gasteiger partial charge < -0.3 is 9.80 Å². The van der Waals surface area contributed by atoms with Gasteiger partial charge in [0.05, 0.1) is 12.6 Å². The number of carbonyl (C=O) groups excluding carboxylic acids is 1. The molecule has 0 aromatic carbocycles. The fraction of sp³-hybridized carbons (Fsp3) is 0.556. The summed E-state index contributed by atoms with van der Waals surface area (Å²) in [4.78, 5) is 32.5. The molecule has 0 unspecified atom stereocenters. The number of rotatable bonds is 4. The molecule has 2 aliphatic rings. The first-order valence-corrected chi connectivity index (χ1v) is 10.1. The highest BCUT2D eigenvalue weighted by Crippen LogP contribution is 2.32. The van der Waals surface area contributed by atoms with E-state index in [1.165, 1.54) is 6.42 Å². The Morgan fingerprint density at radius 1 is 1.04 bits per heavy atom. The molecule has 1 amide bonds. The summed E-state index contributed by atoms with van der Waals surface area (Å²) < 4.78 is 0. The largest absolute Gasteiger partial charge is 0.338 e. The number of anilines is 1. The maximum atomic E-state index is 12.9. The van der Waals surface area contributed by atoms with Crippen LogP contribution in [0.2, 0.25) is 0 Å². The first-order chi connectivity index (χ1) is 12.8. The fourth-order valence-electron chi connectivity index (χ4n) is 3.73. The molecule has 4 heterocycles. The van der Waals surface area contributed by atoms with Crippen LogP contribution in [0.3, 0.4) is 0 Å². The van der Waals surface area contributed by atoms with E-state index in [0.29, 0.717) is 6.54 Å². The number of piperazine rings is 1. The fourth-order valence-corrected chi connectivity index (χ4v) is 4.51. The molecular formula is C18H24N6OS.